The van der Waals surface area contributed by atoms with E-state index in [2.05, 4.69) is 15.0 Å². The van der Waals surface area contributed by atoms with Crippen LogP contribution in [0.4, 0.5) is 13.2 Å². The number of carbonyl (C=O) groups is 1. The zero-order valence-corrected chi connectivity index (χ0v) is 17.8. The van der Waals surface area contributed by atoms with Gasteiger partial charge >= 0.3 is 6.18 Å². The Morgan fingerprint density at radius 2 is 1.91 bits per heavy atom. The first kappa shape index (κ1) is 21.4. The molecule has 1 saturated heterocycles. The van der Waals surface area contributed by atoms with E-state index in [4.69, 9.17) is 4.74 Å². The van der Waals surface area contributed by atoms with E-state index in [1.54, 1.807) is 17.3 Å². The molecule has 33 heavy (non-hydrogen) atoms. The van der Waals surface area contributed by atoms with Crippen molar-refractivity contribution in [3.05, 3.63) is 71.8 Å². The Balaban J connectivity index is 1.38. The van der Waals surface area contributed by atoms with Crippen molar-refractivity contribution in [2.24, 2.45) is 5.92 Å². The smallest absolute Gasteiger partial charge is 0.417 e. The van der Waals surface area contributed by atoms with Crippen molar-refractivity contribution in [3.8, 4) is 17.1 Å². The molecule has 1 amide bonds. The number of pyridine rings is 3. The molecular weight excluding hydrogens is 433 g/mol. The van der Waals surface area contributed by atoms with E-state index < -0.39 is 11.7 Å². The van der Waals surface area contributed by atoms with Gasteiger partial charge in [0, 0.05) is 36.8 Å². The Morgan fingerprint density at radius 3 is 2.58 bits per heavy atom. The Labute approximate surface area is 188 Å². The summed E-state index contributed by atoms with van der Waals surface area (Å²) < 4.78 is 44.3. The van der Waals surface area contributed by atoms with Crippen molar-refractivity contribution in [1.82, 2.24) is 19.9 Å². The van der Waals surface area contributed by atoms with Crippen molar-refractivity contribution in [3.63, 3.8) is 0 Å². The van der Waals surface area contributed by atoms with Crippen LogP contribution in [0.5, 0.6) is 5.88 Å². The van der Waals surface area contributed by atoms with Crippen molar-refractivity contribution in [1.29, 1.82) is 0 Å². The summed E-state index contributed by atoms with van der Waals surface area (Å²) in [6.07, 6.45) is 0.778. The van der Waals surface area contributed by atoms with E-state index in [1.807, 2.05) is 31.2 Å². The summed E-state index contributed by atoms with van der Waals surface area (Å²) in [5, 5.41) is 0. The number of aryl methyl sites for hydroxylation is 1. The lowest BCUT2D eigenvalue weighted by Gasteiger charge is -2.33. The molecule has 6 nitrogen and oxygen atoms in total. The molecule has 3 aromatic rings. The molecule has 0 spiro atoms. The molecule has 5 rings (SSSR count). The van der Waals surface area contributed by atoms with Crippen LogP contribution in [0.1, 0.15) is 34.5 Å². The molecule has 0 aromatic carbocycles. The molecule has 1 aliphatic heterocycles. The number of rotatable bonds is 4. The summed E-state index contributed by atoms with van der Waals surface area (Å²) >= 11 is 0. The number of hydrogen-bond donors (Lipinski definition) is 0. The van der Waals surface area contributed by atoms with Crippen LogP contribution in [0.15, 0.2) is 55.0 Å². The number of halogens is 3. The van der Waals surface area contributed by atoms with Crippen LogP contribution in [0.3, 0.4) is 0 Å². The van der Waals surface area contributed by atoms with Gasteiger partial charge in [-0.3, -0.25) is 14.8 Å². The SMILES string of the molecule is Cc1ccnc(C(=O)N2C[C@H]3C[C@@H](Oc4ccc(C(F)(F)F)cn4)[C@@H]2C3)c1-c1ccccn1. The van der Waals surface area contributed by atoms with Gasteiger partial charge in [-0.2, -0.15) is 13.2 Å². The van der Waals surface area contributed by atoms with Gasteiger partial charge in [0.2, 0.25) is 5.88 Å². The number of ether oxygens (including phenoxy) is 1. The second kappa shape index (κ2) is 8.13. The van der Waals surface area contributed by atoms with Crippen LogP contribution in [-0.4, -0.2) is 44.4 Å². The predicted octanol–water partition coefficient (Wildman–Crippen LogP) is 4.55. The molecule has 9 heteroatoms. The summed E-state index contributed by atoms with van der Waals surface area (Å²) in [5.74, 6) is 0.192. The Kier molecular flexibility index (Phi) is 5.26. The number of aromatic nitrogens is 3. The van der Waals surface area contributed by atoms with Gasteiger partial charge < -0.3 is 9.64 Å². The molecule has 170 valence electrons. The highest BCUT2D eigenvalue weighted by atomic mass is 19.4. The second-order valence-corrected chi connectivity index (χ2v) is 8.47. The highest BCUT2D eigenvalue weighted by Gasteiger charge is 2.49. The molecule has 3 atom stereocenters. The van der Waals surface area contributed by atoms with E-state index >= 15 is 0 Å². The Hall–Kier alpha value is -3.49. The van der Waals surface area contributed by atoms with E-state index in [-0.39, 0.29) is 29.9 Å². The molecular formula is C24H21F3N4O2. The number of alkyl halides is 3. The molecule has 0 radical (unpaired) electrons. The van der Waals surface area contributed by atoms with Gasteiger partial charge in [-0.15, -0.1) is 0 Å². The quantitative estimate of drug-likeness (QED) is 0.579. The first-order chi connectivity index (χ1) is 15.8. The minimum atomic E-state index is -4.45. The highest BCUT2D eigenvalue weighted by molar-refractivity contribution is 5.99. The topological polar surface area (TPSA) is 68.2 Å². The third kappa shape index (κ3) is 4.03. The Bertz CT molecular complexity index is 1170. The zero-order chi connectivity index (χ0) is 23.2. The van der Waals surface area contributed by atoms with Gasteiger partial charge in [0.15, 0.2) is 0 Å². The van der Waals surface area contributed by atoms with Gasteiger partial charge in [0.05, 0.1) is 17.3 Å². The van der Waals surface area contributed by atoms with E-state index in [0.29, 0.717) is 23.5 Å². The maximum absolute atomic E-state index is 13.6. The molecule has 2 aliphatic rings. The summed E-state index contributed by atoms with van der Waals surface area (Å²) in [7, 11) is 0. The van der Waals surface area contributed by atoms with Crippen molar-refractivity contribution < 1.29 is 22.7 Å². The summed E-state index contributed by atoms with van der Waals surface area (Å²) in [4.78, 5) is 28.0. The lowest BCUT2D eigenvalue weighted by molar-refractivity contribution is -0.137. The Morgan fingerprint density at radius 1 is 1.06 bits per heavy atom. The first-order valence-electron chi connectivity index (χ1n) is 10.7. The van der Waals surface area contributed by atoms with Gasteiger partial charge in [-0.1, -0.05) is 6.07 Å². The molecule has 3 aromatic heterocycles. The normalized spacial score (nSPS) is 21.9. The lowest BCUT2D eigenvalue weighted by Crippen LogP contribution is -2.47. The summed E-state index contributed by atoms with van der Waals surface area (Å²) in [6, 6.07) is 9.36. The lowest BCUT2D eigenvalue weighted by atomic mass is 10.0. The molecule has 4 heterocycles. The third-order valence-electron chi connectivity index (χ3n) is 6.30. The average molecular weight is 454 g/mol. The van der Waals surface area contributed by atoms with Gasteiger partial charge in [-0.25, -0.2) is 4.98 Å². The van der Waals surface area contributed by atoms with Gasteiger partial charge in [0.25, 0.3) is 5.91 Å². The van der Waals surface area contributed by atoms with Crippen LogP contribution in [0.2, 0.25) is 0 Å². The average Bonchev–Trinajstić information content (AvgIpc) is 3.39. The van der Waals surface area contributed by atoms with E-state index in [9.17, 15) is 18.0 Å². The second-order valence-electron chi connectivity index (χ2n) is 8.47. The standard InChI is InChI=1S/C24H21F3N4O2/c1-14-7-9-29-22(21(14)17-4-2-3-8-28-17)23(32)31-13-15-10-18(31)19(11-15)33-20-6-5-16(12-30-20)24(25,26)27/h2-9,12,15,18-19H,10-11,13H2,1H3/t15-,18+,19-/m1/s1. The van der Waals surface area contributed by atoms with Gasteiger partial charge in [-0.05, 0) is 55.5 Å². The minimum Gasteiger partial charge on any atom is -0.472 e. The maximum Gasteiger partial charge on any atom is 0.417 e. The monoisotopic (exact) mass is 454 g/mol. The predicted molar refractivity (Wildman–Crippen MR) is 113 cm³/mol. The van der Waals surface area contributed by atoms with E-state index in [0.717, 1.165) is 30.7 Å². The molecule has 1 aliphatic carbocycles. The fourth-order valence-corrected chi connectivity index (χ4v) is 4.79. The highest BCUT2D eigenvalue weighted by Crippen LogP contribution is 2.41. The van der Waals surface area contributed by atoms with Crippen LogP contribution in [-0.2, 0) is 6.18 Å². The van der Waals surface area contributed by atoms with Crippen LogP contribution in [0, 0.1) is 12.8 Å². The maximum atomic E-state index is 13.6. The minimum absolute atomic E-state index is 0.121. The molecule has 0 unspecified atom stereocenters. The van der Waals surface area contributed by atoms with Crippen molar-refractivity contribution in [2.75, 3.05) is 6.54 Å². The third-order valence-corrected chi connectivity index (χ3v) is 6.30. The number of likely N-dealkylation sites (tertiary alicyclic amines) is 1. The van der Waals surface area contributed by atoms with Crippen LogP contribution < -0.4 is 4.74 Å². The van der Waals surface area contributed by atoms with Gasteiger partial charge in [0.1, 0.15) is 11.8 Å². The molecule has 2 bridgehead atoms. The number of piperidine rings is 1. The largest absolute Gasteiger partial charge is 0.472 e. The first-order valence-corrected chi connectivity index (χ1v) is 10.7. The molecule has 2 fully saturated rings. The summed E-state index contributed by atoms with van der Waals surface area (Å²) in [6.45, 7) is 2.52. The molecule has 0 N–H and O–H groups in total. The zero-order valence-electron chi connectivity index (χ0n) is 17.8. The van der Waals surface area contributed by atoms with Crippen LogP contribution >= 0.6 is 0 Å². The number of carbonyl (C=O) groups excluding carboxylic acids is 1. The van der Waals surface area contributed by atoms with Crippen LogP contribution in [0.25, 0.3) is 11.3 Å². The number of nitrogens with zero attached hydrogens (tertiary/aromatic N) is 4. The number of amides is 1. The molecule has 1 saturated carbocycles. The fraction of sp³-hybridized carbons (Fsp3) is 0.333. The summed E-state index contributed by atoms with van der Waals surface area (Å²) in [5.41, 5.74) is 1.79. The van der Waals surface area contributed by atoms with Crippen molar-refractivity contribution in [2.45, 2.75) is 38.1 Å². The fourth-order valence-electron chi connectivity index (χ4n) is 4.79. The van der Waals surface area contributed by atoms with E-state index in [1.165, 1.54) is 6.07 Å². The number of hydrogen-bond acceptors (Lipinski definition) is 5. The number of fused-ring (bicyclic) bond motifs is 2. The van der Waals surface area contributed by atoms with Crippen molar-refractivity contribution >= 4 is 5.91 Å².